The fourth-order valence-electron chi connectivity index (χ4n) is 1.47. The molecular weight excluding hydrogens is 200 g/mol. The molecule has 0 unspecified atom stereocenters. The van der Waals surface area contributed by atoms with E-state index in [4.69, 9.17) is 10.5 Å². The highest BCUT2D eigenvalue weighted by Gasteiger charge is 2.10. The van der Waals surface area contributed by atoms with Crippen molar-refractivity contribution in [2.75, 3.05) is 7.11 Å². The first-order chi connectivity index (χ1) is 7.40. The van der Waals surface area contributed by atoms with Crippen molar-refractivity contribution in [3.63, 3.8) is 0 Å². The predicted molar refractivity (Wildman–Crippen MR) is 67.9 cm³/mol. The summed E-state index contributed by atoms with van der Waals surface area (Å²) >= 11 is 0. The molecule has 0 spiro atoms. The lowest BCUT2D eigenvalue weighted by Gasteiger charge is -2.17. The number of nitrogens with two attached hydrogens (primary N) is 1. The smallest absolute Gasteiger partial charge is 0.286 e. The molecule has 0 radical (unpaired) electrons. The quantitative estimate of drug-likeness (QED) is 0.615. The molecule has 3 heteroatoms. The molecule has 0 saturated heterocycles. The Morgan fingerprint density at radius 2 is 1.81 bits per heavy atom. The van der Waals surface area contributed by atoms with Gasteiger partial charge in [0.15, 0.2) is 0 Å². The Morgan fingerprint density at radius 3 is 2.25 bits per heavy atom. The summed E-state index contributed by atoms with van der Waals surface area (Å²) in [6.45, 7) is 6.67. The highest BCUT2D eigenvalue weighted by atomic mass is 16.5. The van der Waals surface area contributed by atoms with E-state index in [9.17, 15) is 0 Å². The van der Waals surface area contributed by atoms with Crippen LogP contribution in [0.3, 0.4) is 0 Å². The van der Waals surface area contributed by atoms with Crippen LogP contribution < -0.4 is 5.73 Å². The van der Waals surface area contributed by atoms with Gasteiger partial charge in [-0.1, -0.05) is 32.9 Å². The number of aliphatic imine (C=N–C) groups is 1. The molecule has 3 nitrogen and oxygen atoms in total. The molecule has 16 heavy (non-hydrogen) atoms. The summed E-state index contributed by atoms with van der Waals surface area (Å²) in [4.78, 5) is 4.09. The van der Waals surface area contributed by atoms with Crippen LogP contribution in [0, 0.1) is 5.41 Å². The number of nitrogens with zero attached hydrogens (tertiary/aromatic N) is 1. The Morgan fingerprint density at radius 1 is 1.25 bits per heavy atom. The van der Waals surface area contributed by atoms with Crippen molar-refractivity contribution in [2.24, 2.45) is 16.1 Å². The van der Waals surface area contributed by atoms with Gasteiger partial charge in [0.25, 0.3) is 6.02 Å². The van der Waals surface area contributed by atoms with E-state index < -0.39 is 0 Å². The molecule has 0 fully saturated rings. The highest BCUT2D eigenvalue weighted by Crippen LogP contribution is 2.22. The fraction of sp³-hybridized carbons (Fsp3) is 0.462. The van der Waals surface area contributed by atoms with Crippen LogP contribution in [-0.4, -0.2) is 13.1 Å². The molecule has 0 saturated carbocycles. The molecular formula is C13H20N2O. The Kier molecular flexibility index (Phi) is 3.93. The van der Waals surface area contributed by atoms with Gasteiger partial charge in [0.2, 0.25) is 0 Å². The van der Waals surface area contributed by atoms with Crippen LogP contribution in [0.4, 0.5) is 5.69 Å². The molecule has 0 atom stereocenters. The molecule has 88 valence electrons. The molecule has 1 aromatic rings. The molecule has 1 aromatic carbocycles. The summed E-state index contributed by atoms with van der Waals surface area (Å²) in [5, 5.41) is 0. The number of rotatable bonds is 2. The van der Waals surface area contributed by atoms with Crippen molar-refractivity contribution in [1.29, 1.82) is 0 Å². The van der Waals surface area contributed by atoms with Gasteiger partial charge in [0, 0.05) is 0 Å². The minimum atomic E-state index is 0.184. The van der Waals surface area contributed by atoms with Crippen molar-refractivity contribution < 1.29 is 4.74 Å². The van der Waals surface area contributed by atoms with Crippen molar-refractivity contribution >= 4 is 11.7 Å². The lowest BCUT2D eigenvalue weighted by atomic mass is 9.88. The minimum Gasteiger partial charge on any atom is -0.469 e. The van der Waals surface area contributed by atoms with Crippen molar-refractivity contribution in [1.82, 2.24) is 0 Å². The number of ether oxygens (including phenoxy) is 1. The topological polar surface area (TPSA) is 47.6 Å². The zero-order valence-electron chi connectivity index (χ0n) is 10.4. The normalized spacial score (nSPS) is 12.6. The molecule has 0 aliphatic carbocycles. The zero-order valence-corrected chi connectivity index (χ0v) is 10.4. The average molecular weight is 220 g/mol. The van der Waals surface area contributed by atoms with E-state index in [1.54, 1.807) is 0 Å². The molecule has 0 aliphatic heterocycles. The Labute approximate surface area is 97.3 Å². The SMILES string of the molecule is COC(N)=Nc1ccc(CC(C)(C)C)cc1. The second kappa shape index (κ2) is 5.01. The van der Waals surface area contributed by atoms with E-state index in [1.807, 2.05) is 12.1 Å². The lowest BCUT2D eigenvalue weighted by Crippen LogP contribution is -2.12. The largest absolute Gasteiger partial charge is 0.469 e. The number of methoxy groups -OCH3 is 1. The predicted octanol–water partition coefficient (Wildman–Crippen LogP) is 2.87. The fourth-order valence-corrected chi connectivity index (χ4v) is 1.47. The molecule has 0 aliphatic rings. The maximum absolute atomic E-state index is 5.47. The summed E-state index contributed by atoms with van der Waals surface area (Å²) < 4.78 is 4.79. The van der Waals surface area contributed by atoms with Gasteiger partial charge in [0.05, 0.1) is 12.8 Å². The van der Waals surface area contributed by atoms with E-state index >= 15 is 0 Å². The van der Waals surface area contributed by atoms with E-state index in [-0.39, 0.29) is 6.02 Å². The Bertz CT molecular complexity index is 361. The molecule has 0 aromatic heterocycles. The standard InChI is InChI=1S/C13H20N2O/c1-13(2,3)9-10-5-7-11(8-6-10)15-12(14)16-4/h5-8H,9H2,1-4H3,(H2,14,15). The van der Waals surface area contributed by atoms with E-state index in [0.29, 0.717) is 5.41 Å². The van der Waals surface area contributed by atoms with Crippen LogP contribution in [0.2, 0.25) is 0 Å². The van der Waals surface area contributed by atoms with E-state index in [2.05, 4.69) is 37.9 Å². The first-order valence-corrected chi connectivity index (χ1v) is 5.38. The third-order valence-electron chi connectivity index (χ3n) is 2.12. The molecule has 0 amide bonds. The summed E-state index contributed by atoms with van der Waals surface area (Å²) in [5.41, 5.74) is 7.90. The minimum absolute atomic E-state index is 0.184. The van der Waals surface area contributed by atoms with Crippen LogP contribution in [0.25, 0.3) is 0 Å². The van der Waals surface area contributed by atoms with Crippen LogP contribution in [0.5, 0.6) is 0 Å². The van der Waals surface area contributed by atoms with Crippen LogP contribution in [0.15, 0.2) is 29.3 Å². The Balaban J connectivity index is 2.76. The van der Waals surface area contributed by atoms with Gasteiger partial charge < -0.3 is 10.5 Å². The summed E-state index contributed by atoms with van der Waals surface area (Å²) in [6, 6.07) is 8.24. The molecule has 2 N–H and O–H groups in total. The van der Waals surface area contributed by atoms with Gasteiger partial charge in [-0.3, -0.25) is 0 Å². The van der Waals surface area contributed by atoms with Crippen LogP contribution >= 0.6 is 0 Å². The van der Waals surface area contributed by atoms with Gasteiger partial charge in [-0.05, 0) is 29.5 Å². The van der Waals surface area contributed by atoms with Gasteiger partial charge in [-0.15, -0.1) is 0 Å². The van der Waals surface area contributed by atoms with Gasteiger partial charge >= 0.3 is 0 Å². The van der Waals surface area contributed by atoms with Crippen molar-refractivity contribution in [3.05, 3.63) is 29.8 Å². The monoisotopic (exact) mass is 220 g/mol. The lowest BCUT2D eigenvalue weighted by molar-refractivity contribution is 0.397. The second-order valence-corrected chi connectivity index (χ2v) is 5.06. The summed E-state index contributed by atoms with van der Waals surface area (Å²) in [6.07, 6.45) is 1.05. The Hall–Kier alpha value is -1.51. The first kappa shape index (κ1) is 12.6. The third-order valence-corrected chi connectivity index (χ3v) is 2.12. The van der Waals surface area contributed by atoms with Gasteiger partial charge in [-0.2, -0.15) is 4.99 Å². The highest BCUT2D eigenvalue weighted by molar-refractivity contribution is 5.74. The van der Waals surface area contributed by atoms with Crippen LogP contribution in [0.1, 0.15) is 26.3 Å². The number of hydrogen-bond donors (Lipinski definition) is 1. The van der Waals surface area contributed by atoms with Crippen molar-refractivity contribution in [2.45, 2.75) is 27.2 Å². The molecule has 0 heterocycles. The third kappa shape index (κ3) is 4.34. The van der Waals surface area contributed by atoms with E-state index in [1.165, 1.54) is 12.7 Å². The average Bonchev–Trinajstić information content (AvgIpc) is 2.18. The number of benzene rings is 1. The van der Waals surface area contributed by atoms with Gasteiger partial charge in [0.1, 0.15) is 0 Å². The molecule has 0 bridgehead atoms. The summed E-state index contributed by atoms with van der Waals surface area (Å²) in [5.74, 6) is 0. The first-order valence-electron chi connectivity index (χ1n) is 5.38. The number of hydrogen-bond acceptors (Lipinski definition) is 2. The number of amidine groups is 1. The van der Waals surface area contributed by atoms with Crippen molar-refractivity contribution in [3.8, 4) is 0 Å². The molecule has 1 rings (SSSR count). The maximum Gasteiger partial charge on any atom is 0.286 e. The zero-order chi connectivity index (χ0) is 12.2. The van der Waals surface area contributed by atoms with Crippen LogP contribution in [-0.2, 0) is 11.2 Å². The van der Waals surface area contributed by atoms with E-state index in [0.717, 1.165) is 12.1 Å². The maximum atomic E-state index is 5.47. The second-order valence-electron chi connectivity index (χ2n) is 5.06. The summed E-state index contributed by atoms with van der Waals surface area (Å²) in [7, 11) is 1.51. The van der Waals surface area contributed by atoms with Gasteiger partial charge in [-0.25, -0.2) is 0 Å².